The van der Waals surface area contributed by atoms with Crippen LogP contribution in [0.15, 0.2) is 79.0 Å². The molecule has 0 saturated heterocycles. The summed E-state index contributed by atoms with van der Waals surface area (Å²) in [4.78, 5) is 16.7. The SMILES string of the molecule is CCc1cccc2c([C@@H](CC(=O)N[C@@H](C)c3ccccc3)c3ccccc3OC)c[nH]c12. The molecular formula is C28H30N2O2. The number of H-pyrrole nitrogens is 1. The molecule has 0 unspecified atom stereocenters. The maximum atomic E-state index is 13.2. The van der Waals surface area contributed by atoms with Gasteiger partial charge in [0.25, 0.3) is 0 Å². The Morgan fingerprint density at radius 1 is 0.969 bits per heavy atom. The number of hydrogen-bond acceptors (Lipinski definition) is 2. The third-order valence-electron chi connectivity index (χ3n) is 6.17. The lowest BCUT2D eigenvalue weighted by molar-refractivity contribution is -0.121. The molecule has 0 spiro atoms. The van der Waals surface area contributed by atoms with E-state index in [0.717, 1.165) is 39.8 Å². The van der Waals surface area contributed by atoms with E-state index >= 15 is 0 Å². The summed E-state index contributed by atoms with van der Waals surface area (Å²) in [6.45, 7) is 4.18. The highest BCUT2D eigenvalue weighted by molar-refractivity contribution is 5.88. The van der Waals surface area contributed by atoms with Gasteiger partial charge in [-0.3, -0.25) is 4.79 Å². The Hall–Kier alpha value is -3.53. The van der Waals surface area contributed by atoms with Crippen molar-refractivity contribution in [3.8, 4) is 5.75 Å². The van der Waals surface area contributed by atoms with Crippen LogP contribution in [0.2, 0.25) is 0 Å². The van der Waals surface area contributed by atoms with Crippen molar-refractivity contribution in [3.05, 3.63) is 101 Å². The predicted octanol–water partition coefficient (Wildman–Crippen LogP) is 6.14. The summed E-state index contributed by atoms with van der Waals surface area (Å²) in [5.41, 5.74) is 5.63. The minimum atomic E-state index is -0.130. The topological polar surface area (TPSA) is 54.1 Å². The molecule has 0 fully saturated rings. The van der Waals surface area contributed by atoms with Gasteiger partial charge in [-0.1, -0.05) is 73.7 Å². The van der Waals surface area contributed by atoms with Crippen LogP contribution in [-0.2, 0) is 11.2 Å². The van der Waals surface area contributed by atoms with Crippen LogP contribution in [0.1, 0.15) is 54.5 Å². The molecule has 0 radical (unpaired) electrons. The van der Waals surface area contributed by atoms with E-state index in [9.17, 15) is 4.79 Å². The molecule has 1 heterocycles. The summed E-state index contributed by atoms with van der Waals surface area (Å²) in [6, 6.07) is 24.3. The zero-order valence-corrected chi connectivity index (χ0v) is 18.9. The number of benzene rings is 3. The Morgan fingerprint density at radius 3 is 2.47 bits per heavy atom. The van der Waals surface area contributed by atoms with Crippen molar-refractivity contribution >= 4 is 16.8 Å². The van der Waals surface area contributed by atoms with Gasteiger partial charge in [0.05, 0.1) is 13.2 Å². The second kappa shape index (κ2) is 9.73. The summed E-state index contributed by atoms with van der Waals surface area (Å²) in [5.74, 6) is 0.677. The van der Waals surface area contributed by atoms with Gasteiger partial charge in [-0.2, -0.15) is 0 Å². The fourth-order valence-corrected chi connectivity index (χ4v) is 4.47. The molecule has 164 valence electrons. The lowest BCUT2D eigenvalue weighted by Crippen LogP contribution is -2.28. The molecule has 0 aliphatic rings. The fourth-order valence-electron chi connectivity index (χ4n) is 4.47. The van der Waals surface area contributed by atoms with Crippen molar-refractivity contribution in [2.45, 2.75) is 38.6 Å². The van der Waals surface area contributed by atoms with Crippen LogP contribution in [0, 0.1) is 0 Å². The Bertz CT molecular complexity index is 1200. The van der Waals surface area contributed by atoms with E-state index in [1.807, 2.05) is 55.5 Å². The van der Waals surface area contributed by atoms with Crippen molar-refractivity contribution in [2.75, 3.05) is 7.11 Å². The highest BCUT2D eigenvalue weighted by atomic mass is 16.5. The highest BCUT2D eigenvalue weighted by Gasteiger charge is 2.25. The molecule has 4 rings (SSSR count). The molecule has 0 aliphatic carbocycles. The van der Waals surface area contributed by atoms with E-state index < -0.39 is 0 Å². The first-order valence-corrected chi connectivity index (χ1v) is 11.2. The number of aromatic nitrogens is 1. The van der Waals surface area contributed by atoms with Crippen LogP contribution in [0.5, 0.6) is 5.75 Å². The maximum Gasteiger partial charge on any atom is 0.221 e. The van der Waals surface area contributed by atoms with Gasteiger partial charge in [0.1, 0.15) is 5.75 Å². The first-order chi connectivity index (χ1) is 15.6. The average molecular weight is 427 g/mol. The van der Waals surface area contributed by atoms with Crippen LogP contribution in [0.3, 0.4) is 0 Å². The van der Waals surface area contributed by atoms with Gasteiger partial charge in [0.2, 0.25) is 5.91 Å². The molecule has 32 heavy (non-hydrogen) atoms. The summed E-state index contributed by atoms with van der Waals surface area (Å²) in [7, 11) is 1.68. The van der Waals surface area contributed by atoms with Crippen LogP contribution in [0.25, 0.3) is 10.9 Å². The molecule has 0 saturated carbocycles. The van der Waals surface area contributed by atoms with Crippen molar-refractivity contribution in [2.24, 2.45) is 0 Å². The normalized spacial score (nSPS) is 13.0. The largest absolute Gasteiger partial charge is 0.496 e. The minimum Gasteiger partial charge on any atom is -0.496 e. The van der Waals surface area contributed by atoms with Crippen molar-refractivity contribution in [3.63, 3.8) is 0 Å². The molecule has 0 bridgehead atoms. The van der Waals surface area contributed by atoms with Gasteiger partial charge in [-0.25, -0.2) is 0 Å². The van der Waals surface area contributed by atoms with E-state index in [1.165, 1.54) is 5.56 Å². The molecular weight excluding hydrogens is 396 g/mol. The van der Waals surface area contributed by atoms with E-state index in [-0.39, 0.29) is 17.9 Å². The number of aryl methyl sites for hydroxylation is 1. The second-order valence-electron chi connectivity index (χ2n) is 8.14. The molecule has 1 aromatic heterocycles. The number of ether oxygens (including phenoxy) is 1. The lowest BCUT2D eigenvalue weighted by atomic mass is 9.87. The zero-order chi connectivity index (χ0) is 22.5. The van der Waals surface area contributed by atoms with E-state index in [4.69, 9.17) is 4.74 Å². The number of carbonyl (C=O) groups excluding carboxylic acids is 1. The van der Waals surface area contributed by atoms with Crippen LogP contribution >= 0.6 is 0 Å². The van der Waals surface area contributed by atoms with Crippen molar-refractivity contribution < 1.29 is 9.53 Å². The Labute approximate surface area is 189 Å². The lowest BCUT2D eigenvalue weighted by Gasteiger charge is -2.21. The number of para-hydroxylation sites is 2. The van der Waals surface area contributed by atoms with Gasteiger partial charge < -0.3 is 15.0 Å². The van der Waals surface area contributed by atoms with Crippen LogP contribution in [-0.4, -0.2) is 18.0 Å². The third-order valence-corrected chi connectivity index (χ3v) is 6.17. The van der Waals surface area contributed by atoms with E-state index in [2.05, 4.69) is 47.7 Å². The number of carbonyl (C=O) groups is 1. The quantitative estimate of drug-likeness (QED) is 0.356. The fraction of sp³-hybridized carbons (Fsp3) is 0.250. The Balaban J connectivity index is 1.70. The summed E-state index contributed by atoms with van der Waals surface area (Å²) < 4.78 is 5.67. The highest BCUT2D eigenvalue weighted by Crippen LogP contribution is 2.38. The van der Waals surface area contributed by atoms with E-state index in [1.54, 1.807) is 7.11 Å². The molecule has 3 aromatic carbocycles. The summed E-state index contributed by atoms with van der Waals surface area (Å²) in [5, 5.41) is 4.33. The number of nitrogens with one attached hydrogen (secondary N) is 2. The van der Waals surface area contributed by atoms with Crippen molar-refractivity contribution in [1.82, 2.24) is 10.3 Å². The average Bonchev–Trinajstić information content (AvgIpc) is 3.27. The molecule has 0 aliphatic heterocycles. The zero-order valence-electron chi connectivity index (χ0n) is 18.9. The first kappa shape index (κ1) is 21.7. The minimum absolute atomic E-state index is 0.0123. The summed E-state index contributed by atoms with van der Waals surface area (Å²) >= 11 is 0. The Kier molecular flexibility index (Phi) is 6.60. The Morgan fingerprint density at radius 2 is 1.72 bits per heavy atom. The van der Waals surface area contributed by atoms with Gasteiger partial charge in [-0.05, 0) is 36.1 Å². The molecule has 1 amide bonds. The number of aromatic amines is 1. The van der Waals surface area contributed by atoms with Crippen LogP contribution in [0.4, 0.5) is 0 Å². The van der Waals surface area contributed by atoms with Gasteiger partial charge in [0, 0.05) is 35.0 Å². The molecule has 2 N–H and O–H groups in total. The predicted molar refractivity (Wildman–Crippen MR) is 130 cm³/mol. The van der Waals surface area contributed by atoms with Crippen molar-refractivity contribution in [1.29, 1.82) is 0 Å². The first-order valence-electron chi connectivity index (χ1n) is 11.2. The molecule has 4 aromatic rings. The number of amides is 1. The number of methoxy groups -OCH3 is 1. The number of hydrogen-bond donors (Lipinski definition) is 2. The number of rotatable bonds is 8. The monoisotopic (exact) mass is 426 g/mol. The molecule has 4 heteroatoms. The molecule has 2 atom stereocenters. The standard InChI is InChI=1S/C28H30N2O2/c1-4-20-13-10-15-23-25(18-29-28(20)23)24(22-14-8-9-16-26(22)32-3)17-27(31)30-19(2)21-11-6-5-7-12-21/h5-16,18-19,24,29H,4,17H2,1-3H3,(H,30,31)/t19-,24-/m0/s1. The smallest absolute Gasteiger partial charge is 0.221 e. The van der Waals surface area contributed by atoms with Gasteiger partial charge in [0.15, 0.2) is 0 Å². The maximum absolute atomic E-state index is 13.2. The van der Waals surface area contributed by atoms with Gasteiger partial charge in [-0.15, -0.1) is 0 Å². The van der Waals surface area contributed by atoms with Gasteiger partial charge >= 0.3 is 0 Å². The molecule has 4 nitrogen and oxygen atoms in total. The van der Waals surface area contributed by atoms with E-state index in [0.29, 0.717) is 6.42 Å². The second-order valence-corrected chi connectivity index (χ2v) is 8.14. The summed E-state index contributed by atoms with van der Waals surface area (Å²) in [6.07, 6.45) is 3.33. The third kappa shape index (κ3) is 4.40. The van der Waals surface area contributed by atoms with Crippen LogP contribution < -0.4 is 10.1 Å². The number of fused-ring (bicyclic) bond motifs is 1.